The van der Waals surface area contributed by atoms with Gasteiger partial charge < -0.3 is 19.4 Å². The lowest BCUT2D eigenvalue weighted by Crippen LogP contribution is -2.37. The molecule has 1 aliphatic rings. The van der Waals surface area contributed by atoms with Crippen LogP contribution in [0.4, 0.5) is 16.2 Å². The number of benzene rings is 1. The number of amides is 2. The number of methoxy groups -OCH3 is 1. The summed E-state index contributed by atoms with van der Waals surface area (Å²) in [5.41, 5.74) is 0.773. The van der Waals surface area contributed by atoms with Gasteiger partial charge in [0.25, 0.3) is 11.6 Å². The van der Waals surface area contributed by atoms with Crippen LogP contribution in [0.25, 0.3) is 0 Å². The largest absolute Gasteiger partial charge is 0.453 e. The van der Waals surface area contributed by atoms with Crippen LogP contribution in [-0.4, -0.2) is 74.1 Å². The quantitative estimate of drug-likeness (QED) is 0.606. The summed E-state index contributed by atoms with van der Waals surface area (Å²) in [7, 11) is 4.88. The number of carbonyl (C=O) groups is 2. The molecule has 9 heteroatoms. The molecule has 0 unspecified atom stereocenters. The van der Waals surface area contributed by atoms with E-state index < -0.39 is 11.0 Å². The Hall–Kier alpha value is -2.84. The monoisotopic (exact) mass is 350 g/mol. The molecule has 1 aliphatic heterocycles. The molecule has 0 aromatic heterocycles. The normalized spacial score (nSPS) is 14.7. The summed E-state index contributed by atoms with van der Waals surface area (Å²) >= 11 is 0. The molecule has 0 bridgehead atoms. The van der Waals surface area contributed by atoms with Crippen LogP contribution >= 0.6 is 0 Å². The van der Waals surface area contributed by atoms with Crippen LogP contribution in [0.3, 0.4) is 0 Å². The topological polar surface area (TPSA) is 96.2 Å². The van der Waals surface area contributed by atoms with E-state index in [1.807, 2.05) is 0 Å². The van der Waals surface area contributed by atoms with Crippen LogP contribution in [-0.2, 0) is 4.74 Å². The van der Waals surface area contributed by atoms with Crippen LogP contribution in [0.15, 0.2) is 18.2 Å². The highest BCUT2D eigenvalue weighted by Gasteiger charge is 2.26. The Morgan fingerprint density at radius 1 is 1.16 bits per heavy atom. The molecule has 0 N–H and O–H groups in total. The van der Waals surface area contributed by atoms with Gasteiger partial charge in [0.1, 0.15) is 0 Å². The number of non-ortho nitro benzene ring substituents is 1. The van der Waals surface area contributed by atoms with E-state index in [0.717, 1.165) is 0 Å². The second-order valence-electron chi connectivity index (χ2n) is 5.96. The summed E-state index contributed by atoms with van der Waals surface area (Å²) in [5.74, 6) is -0.279. The van der Waals surface area contributed by atoms with Crippen LogP contribution in [0.5, 0.6) is 0 Å². The van der Waals surface area contributed by atoms with Gasteiger partial charge in [0.05, 0.1) is 17.6 Å². The Morgan fingerprint density at radius 3 is 2.40 bits per heavy atom. The number of ether oxygens (including phenoxy) is 1. The predicted octanol–water partition coefficient (Wildman–Crippen LogP) is 1.58. The van der Waals surface area contributed by atoms with Crippen molar-refractivity contribution in [2.45, 2.75) is 6.42 Å². The van der Waals surface area contributed by atoms with E-state index in [-0.39, 0.29) is 17.2 Å². The minimum absolute atomic E-state index is 0.125. The van der Waals surface area contributed by atoms with E-state index in [9.17, 15) is 19.7 Å². The van der Waals surface area contributed by atoms with Gasteiger partial charge in [-0.15, -0.1) is 0 Å². The van der Waals surface area contributed by atoms with E-state index >= 15 is 0 Å². The number of hydrogen-bond acceptors (Lipinski definition) is 6. The Labute approximate surface area is 145 Å². The maximum atomic E-state index is 12.9. The fourth-order valence-corrected chi connectivity index (χ4v) is 2.80. The number of rotatable bonds is 3. The van der Waals surface area contributed by atoms with Gasteiger partial charge in [-0.2, -0.15) is 0 Å². The van der Waals surface area contributed by atoms with Crippen molar-refractivity contribution in [2.24, 2.45) is 0 Å². The summed E-state index contributed by atoms with van der Waals surface area (Å²) in [6.07, 6.45) is 0.200. The fraction of sp³-hybridized carbons (Fsp3) is 0.500. The van der Waals surface area contributed by atoms with Gasteiger partial charge in [0.15, 0.2) is 0 Å². The molecule has 2 rings (SSSR count). The second kappa shape index (κ2) is 7.82. The highest BCUT2D eigenvalue weighted by molar-refractivity contribution is 6.00. The first kappa shape index (κ1) is 18.5. The smallest absolute Gasteiger partial charge is 0.409 e. The number of nitro groups is 1. The van der Waals surface area contributed by atoms with Gasteiger partial charge in [-0.3, -0.25) is 14.9 Å². The molecule has 2 amide bonds. The lowest BCUT2D eigenvalue weighted by atomic mass is 10.1. The summed E-state index contributed by atoms with van der Waals surface area (Å²) in [6.45, 7) is 1.70. The Balaban J connectivity index is 2.26. The summed E-state index contributed by atoms with van der Waals surface area (Å²) < 4.78 is 4.72. The zero-order valence-corrected chi connectivity index (χ0v) is 14.6. The first-order valence-electron chi connectivity index (χ1n) is 7.93. The Morgan fingerprint density at radius 2 is 1.80 bits per heavy atom. The number of anilines is 1. The first-order chi connectivity index (χ1) is 11.8. The molecule has 1 aromatic carbocycles. The van der Waals surface area contributed by atoms with Crippen molar-refractivity contribution in [2.75, 3.05) is 52.3 Å². The summed E-state index contributed by atoms with van der Waals surface area (Å²) in [6, 6.07) is 4.26. The van der Waals surface area contributed by atoms with Gasteiger partial charge in [-0.25, -0.2) is 4.79 Å². The lowest BCUT2D eigenvalue weighted by molar-refractivity contribution is -0.384. The zero-order chi connectivity index (χ0) is 18.6. The molecule has 1 aromatic rings. The number of nitrogens with zero attached hydrogens (tertiary/aromatic N) is 4. The van der Waals surface area contributed by atoms with Crippen LogP contribution in [0.1, 0.15) is 16.8 Å². The maximum absolute atomic E-state index is 12.9. The van der Waals surface area contributed by atoms with Crippen LogP contribution in [0, 0.1) is 10.1 Å². The van der Waals surface area contributed by atoms with Crippen molar-refractivity contribution in [3.05, 3.63) is 33.9 Å². The van der Waals surface area contributed by atoms with Crippen molar-refractivity contribution >= 4 is 23.4 Å². The maximum Gasteiger partial charge on any atom is 0.409 e. The third-order valence-corrected chi connectivity index (χ3v) is 4.12. The molecular weight excluding hydrogens is 328 g/mol. The second-order valence-corrected chi connectivity index (χ2v) is 5.96. The van der Waals surface area contributed by atoms with Crippen molar-refractivity contribution in [3.8, 4) is 0 Å². The molecule has 0 atom stereocenters. The predicted molar refractivity (Wildman–Crippen MR) is 91.9 cm³/mol. The van der Waals surface area contributed by atoms with Gasteiger partial charge in [-0.1, -0.05) is 0 Å². The highest BCUT2D eigenvalue weighted by Crippen LogP contribution is 2.26. The van der Waals surface area contributed by atoms with E-state index in [2.05, 4.69) is 0 Å². The van der Waals surface area contributed by atoms with E-state index in [4.69, 9.17) is 4.74 Å². The summed E-state index contributed by atoms with van der Waals surface area (Å²) in [5, 5.41) is 11.0. The molecule has 0 aliphatic carbocycles. The highest BCUT2D eigenvalue weighted by atomic mass is 16.6. The molecule has 0 spiro atoms. The fourth-order valence-electron chi connectivity index (χ4n) is 2.80. The van der Waals surface area contributed by atoms with E-state index in [0.29, 0.717) is 38.3 Å². The molecule has 0 radical (unpaired) electrons. The molecule has 9 nitrogen and oxygen atoms in total. The molecule has 0 saturated carbocycles. The number of hydrogen-bond donors (Lipinski definition) is 0. The van der Waals surface area contributed by atoms with Gasteiger partial charge in [0, 0.05) is 58.1 Å². The Kier molecular flexibility index (Phi) is 5.79. The van der Waals surface area contributed by atoms with E-state index in [1.54, 1.807) is 34.9 Å². The van der Waals surface area contributed by atoms with Crippen molar-refractivity contribution in [3.63, 3.8) is 0 Å². The average Bonchev–Trinajstić information content (AvgIpc) is 2.85. The molecular formula is C16H22N4O5. The van der Waals surface area contributed by atoms with Crippen molar-refractivity contribution < 1.29 is 19.2 Å². The SMILES string of the molecule is COC(=O)N1CCCN(C(=O)c2cc([N+](=O)[O-])ccc2N(C)C)CC1. The van der Waals surface area contributed by atoms with Crippen LogP contribution in [0.2, 0.25) is 0 Å². The molecule has 1 heterocycles. The van der Waals surface area contributed by atoms with Gasteiger partial charge >= 0.3 is 6.09 Å². The Bertz CT molecular complexity index is 676. The standard InChI is InChI=1S/C16H22N4O5/c1-17(2)14-6-5-12(20(23)24)11-13(14)15(21)18-7-4-8-19(10-9-18)16(22)25-3/h5-6,11H,4,7-10H2,1-3H3. The van der Waals surface area contributed by atoms with Crippen molar-refractivity contribution in [1.82, 2.24) is 9.80 Å². The summed E-state index contributed by atoms with van der Waals surface area (Å²) in [4.78, 5) is 40.0. The molecule has 1 saturated heterocycles. The zero-order valence-electron chi connectivity index (χ0n) is 14.6. The molecule has 25 heavy (non-hydrogen) atoms. The average molecular weight is 350 g/mol. The number of carbonyl (C=O) groups excluding carboxylic acids is 2. The first-order valence-corrected chi connectivity index (χ1v) is 7.93. The third-order valence-electron chi connectivity index (χ3n) is 4.12. The van der Waals surface area contributed by atoms with Gasteiger partial charge in [0.2, 0.25) is 0 Å². The van der Waals surface area contributed by atoms with Gasteiger partial charge in [-0.05, 0) is 12.5 Å². The van der Waals surface area contributed by atoms with E-state index in [1.165, 1.54) is 19.2 Å². The number of nitro benzene ring substituents is 1. The van der Waals surface area contributed by atoms with Crippen molar-refractivity contribution in [1.29, 1.82) is 0 Å². The third kappa shape index (κ3) is 4.17. The lowest BCUT2D eigenvalue weighted by Gasteiger charge is -2.24. The minimum atomic E-state index is -0.516. The molecule has 136 valence electrons. The molecule has 1 fully saturated rings. The van der Waals surface area contributed by atoms with Crippen LogP contribution < -0.4 is 4.90 Å². The minimum Gasteiger partial charge on any atom is -0.453 e.